The molecule has 3 heteroatoms. The molecule has 0 aliphatic rings. The van der Waals surface area contributed by atoms with Crippen LogP contribution < -0.4 is 0 Å². The summed E-state index contributed by atoms with van der Waals surface area (Å²) < 4.78 is 0. The summed E-state index contributed by atoms with van der Waals surface area (Å²) in [5.41, 5.74) is 0.173. The molecule has 1 radical (unpaired) electrons. The van der Waals surface area contributed by atoms with Crippen molar-refractivity contribution < 1.29 is 54.5 Å². The molecule has 0 bridgehead atoms. The molecule has 11 heavy (non-hydrogen) atoms. The maximum Gasteiger partial charge on any atom is 0.101 e. The normalized spacial score (nSPS) is 12.6. The Bertz CT molecular complexity index is 130. The third kappa shape index (κ3) is 4.11. The molecule has 0 atom stereocenters. The molecular weight excluding hydrogens is 278 g/mol. The summed E-state index contributed by atoms with van der Waals surface area (Å²) in [6.07, 6.45) is 1.49. The largest absolute Gasteiger partial charge is 0.384 e. The molecule has 0 saturated carbocycles. The van der Waals surface area contributed by atoms with Gasteiger partial charge in [0.15, 0.2) is 0 Å². The van der Waals surface area contributed by atoms with Crippen molar-refractivity contribution in [2.75, 3.05) is 7.05 Å². The van der Waals surface area contributed by atoms with E-state index in [0.29, 0.717) is 0 Å². The van der Waals surface area contributed by atoms with Gasteiger partial charge >= 0.3 is 0 Å². The van der Waals surface area contributed by atoms with Crippen molar-refractivity contribution in [3.8, 4) is 0 Å². The third-order valence-corrected chi connectivity index (χ3v) is 2.18. The van der Waals surface area contributed by atoms with E-state index in [9.17, 15) is 5.11 Å². The molecule has 0 saturated heterocycles. The molecular formula is C8H17EuNO. The van der Waals surface area contributed by atoms with Crippen LogP contribution in [0.1, 0.15) is 33.6 Å². The fourth-order valence-corrected chi connectivity index (χ4v) is 0.970. The second-order valence-electron chi connectivity index (χ2n) is 2.55. The standard InChI is InChI=1S/C8H17NO.Eu/c1-5-8(10,6-2)7(3)9-4;/h10H,5-6H2,1-4H3;. The van der Waals surface area contributed by atoms with Crippen LogP contribution in [-0.4, -0.2) is 23.5 Å². The summed E-state index contributed by atoms with van der Waals surface area (Å²) >= 11 is 0. The van der Waals surface area contributed by atoms with Crippen molar-refractivity contribution in [1.29, 1.82) is 0 Å². The fraction of sp³-hybridized carbons (Fsp3) is 0.875. The molecule has 67 valence electrons. The first kappa shape index (κ1) is 14.7. The Morgan fingerprint density at radius 2 is 1.73 bits per heavy atom. The predicted molar refractivity (Wildman–Crippen MR) is 44.6 cm³/mol. The second-order valence-corrected chi connectivity index (χ2v) is 2.55. The van der Waals surface area contributed by atoms with Crippen LogP contribution in [0.4, 0.5) is 0 Å². The Morgan fingerprint density at radius 3 is 1.82 bits per heavy atom. The van der Waals surface area contributed by atoms with E-state index in [1.54, 1.807) is 7.05 Å². The number of nitrogens with zero attached hydrogens (tertiary/aromatic N) is 1. The molecule has 2 nitrogen and oxygen atoms in total. The number of aliphatic imine (C=N–C) groups is 1. The van der Waals surface area contributed by atoms with E-state index in [4.69, 9.17) is 0 Å². The minimum Gasteiger partial charge on any atom is -0.384 e. The van der Waals surface area contributed by atoms with Crippen molar-refractivity contribution in [2.24, 2.45) is 4.99 Å². The van der Waals surface area contributed by atoms with Crippen LogP contribution in [-0.2, 0) is 0 Å². The summed E-state index contributed by atoms with van der Waals surface area (Å²) in [6.45, 7) is 5.81. The summed E-state index contributed by atoms with van der Waals surface area (Å²) in [5.74, 6) is 0. The van der Waals surface area contributed by atoms with Gasteiger partial charge in [-0.05, 0) is 19.8 Å². The number of hydrogen-bond acceptors (Lipinski definition) is 2. The molecule has 0 spiro atoms. The smallest absolute Gasteiger partial charge is 0.101 e. The van der Waals surface area contributed by atoms with Crippen molar-refractivity contribution >= 4 is 5.71 Å². The number of hydrogen-bond donors (Lipinski definition) is 1. The molecule has 1 N–H and O–H groups in total. The van der Waals surface area contributed by atoms with Crippen LogP contribution in [0.3, 0.4) is 0 Å². The minimum absolute atomic E-state index is 0. The van der Waals surface area contributed by atoms with Gasteiger partial charge in [0.2, 0.25) is 0 Å². The molecule has 0 heterocycles. The maximum atomic E-state index is 9.77. The van der Waals surface area contributed by atoms with E-state index in [1.165, 1.54) is 0 Å². The predicted octanol–water partition coefficient (Wildman–Crippen LogP) is 1.63. The van der Waals surface area contributed by atoms with Gasteiger partial charge in [-0.1, -0.05) is 13.8 Å². The Hall–Kier alpha value is 1.21. The summed E-state index contributed by atoms with van der Waals surface area (Å²) in [4.78, 5) is 3.97. The Labute approximate surface area is 110 Å². The van der Waals surface area contributed by atoms with Crippen molar-refractivity contribution in [2.45, 2.75) is 39.2 Å². The molecule has 0 unspecified atom stereocenters. The quantitative estimate of drug-likeness (QED) is 0.789. The van der Waals surface area contributed by atoms with Gasteiger partial charge in [0, 0.05) is 62.1 Å². The van der Waals surface area contributed by atoms with Crippen molar-refractivity contribution in [3.63, 3.8) is 0 Å². The van der Waals surface area contributed by atoms with Gasteiger partial charge in [0.25, 0.3) is 0 Å². The monoisotopic (exact) mass is 296 g/mol. The van der Waals surface area contributed by atoms with E-state index < -0.39 is 5.60 Å². The van der Waals surface area contributed by atoms with Crippen molar-refractivity contribution in [3.05, 3.63) is 0 Å². The third-order valence-electron chi connectivity index (χ3n) is 2.18. The van der Waals surface area contributed by atoms with E-state index in [0.717, 1.165) is 18.6 Å². The maximum absolute atomic E-state index is 9.77. The zero-order valence-corrected chi connectivity index (χ0v) is 10.1. The molecule has 0 aliphatic heterocycles. The molecule has 0 aromatic heterocycles. The summed E-state index contributed by atoms with van der Waals surface area (Å²) in [6, 6.07) is 0. The van der Waals surface area contributed by atoms with E-state index in [1.807, 2.05) is 20.8 Å². The molecule has 0 rings (SSSR count). The molecule has 0 aromatic carbocycles. The number of rotatable bonds is 3. The van der Waals surface area contributed by atoms with Gasteiger partial charge in [0.05, 0.1) is 0 Å². The van der Waals surface area contributed by atoms with Gasteiger partial charge in [-0.15, -0.1) is 0 Å². The first-order chi connectivity index (χ1) is 4.60. The first-order valence-electron chi connectivity index (χ1n) is 3.77. The zero-order valence-electron chi connectivity index (χ0n) is 7.69. The molecule has 0 fully saturated rings. The molecule has 0 aromatic rings. The molecule has 0 aliphatic carbocycles. The van der Waals surface area contributed by atoms with Crippen LogP contribution >= 0.6 is 0 Å². The topological polar surface area (TPSA) is 32.6 Å². The van der Waals surface area contributed by atoms with Crippen LogP contribution in [0.25, 0.3) is 0 Å². The summed E-state index contributed by atoms with van der Waals surface area (Å²) in [7, 11) is 1.71. The van der Waals surface area contributed by atoms with Gasteiger partial charge in [-0.3, -0.25) is 4.99 Å². The van der Waals surface area contributed by atoms with Gasteiger partial charge in [-0.2, -0.15) is 0 Å². The Balaban J connectivity index is 0. The zero-order chi connectivity index (χ0) is 8.20. The van der Waals surface area contributed by atoms with Gasteiger partial charge in [-0.25, -0.2) is 0 Å². The van der Waals surface area contributed by atoms with Crippen LogP contribution in [0.2, 0.25) is 0 Å². The van der Waals surface area contributed by atoms with Crippen molar-refractivity contribution in [1.82, 2.24) is 0 Å². The second kappa shape index (κ2) is 6.70. The van der Waals surface area contributed by atoms with E-state index in [-0.39, 0.29) is 49.4 Å². The van der Waals surface area contributed by atoms with Crippen LogP contribution in [0.15, 0.2) is 4.99 Å². The van der Waals surface area contributed by atoms with Crippen LogP contribution in [0, 0.1) is 49.4 Å². The van der Waals surface area contributed by atoms with Gasteiger partial charge < -0.3 is 5.11 Å². The summed E-state index contributed by atoms with van der Waals surface area (Å²) in [5, 5.41) is 9.77. The fourth-order valence-electron chi connectivity index (χ4n) is 0.970. The van der Waals surface area contributed by atoms with Crippen LogP contribution in [0.5, 0.6) is 0 Å². The Morgan fingerprint density at radius 1 is 1.36 bits per heavy atom. The van der Waals surface area contributed by atoms with Gasteiger partial charge in [0.1, 0.15) is 5.60 Å². The molecule has 0 amide bonds. The Kier molecular flexibility index (Phi) is 8.97. The first-order valence-corrected chi connectivity index (χ1v) is 3.77. The average molecular weight is 295 g/mol. The van der Waals surface area contributed by atoms with E-state index >= 15 is 0 Å². The SMILES string of the molecule is CCC(O)(CC)C(C)=NC.[Eu]. The number of aliphatic hydroxyl groups is 1. The van der Waals surface area contributed by atoms with E-state index in [2.05, 4.69) is 4.99 Å². The average Bonchev–Trinajstić information content (AvgIpc) is 2.01. The minimum atomic E-state index is -0.658.